The van der Waals surface area contributed by atoms with E-state index in [1.165, 1.54) is 4.68 Å². The number of carboxylic acids is 1. The summed E-state index contributed by atoms with van der Waals surface area (Å²) in [6, 6.07) is 3.38. The van der Waals surface area contributed by atoms with Crippen LogP contribution in [-0.4, -0.2) is 41.4 Å². The standard InChI is InChI=1S/C12H10N6O3/c1-7-9(16-21-15-7)6-18-11(8-2-4-13-5-3-8)10(12(19)20)14-17-18/h2-5H,6H2,1H3,(H,19,20). The van der Waals surface area contributed by atoms with Crippen molar-refractivity contribution in [3.63, 3.8) is 0 Å². The molecule has 0 aliphatic heterocycles. The summed E-state index contributed by atoms with van der Waals surface area (Å²) >= 11 is 0. The Balaban J connectivity index is 2.09. The molecule has 3 rings (SSSR count). The third-order valence-electron chi connectivity index (χ3n) is 2.94. The van der Waals surface area contributed by atoms with E-state index in [2.05, 4.69) is 30.2 Å². The van der Waals surface area contributed by atoms with E-state index < -0.39 is 5.97 Å². The van der Waals surface area contributed by atoms with Crippen LogP contribution in [0, 0.1) is 6.92 Å². The van der Waals surface area contributed by atoms with Crippen molar-refractivity contribution < 1.29 is 14.5 Å². The first-order valence-electron chi connectivity index (χ1n) is 6.02. The van der Waals surface area contributed by atoms with Gasteiger partial charge in [-0.3, -0.25) is 4.98 Å². The zero-order valence-corrected chi connectivity index (χ0v) is 11.0. The quantitative estimate of drug-likeness (QED) is 0.747. The number of aromatic nitrogens is 6. The van der Waals surface area contributed by atoms with Crippen molar-refractivity contribution in [1.82, 2.24) is 30.3 Å². The molecule has 3 heterocycles. The molecule has 0 radical (unpaired) electrons. The predicted octanol–water partition coefficient (Wildman–Crippen LogP) is 0.778. The smallest absolute Gasteiger partial charge is 0.358 e. The van der Waals surface area contributed by atoms with E-state index in [0.29, 0.717) is 22.6 Å². The number of aryl methyl sites for hydroxylation is 1. The fourth-order valence-electron chi connectivity index (χ4n) is 1.90. The zero-order valence-electron chi connectivity index (χ0n) is 11.0. The number of pyridine rings is 1. The third kappa shape index (κ3) is 2.36. The minimum atomic E-state index is -1.15. The van der Waals surface area contributed by atoms with Crippen LogP contribution >= 0.6 is 0 Å². The molecule has 3 aromatic rings. The van der Waals surface area contributed by atoms with Crippen LogP contribution in [0.2, 0.25) is 0 Å². The molecule has 0 unspecified atom stereocenters. The molecule has 0 aliphatic rings. The average molecular weight is 286 g/mol. The molecule has 9 nitrogen and oxygen atoms in total. The van der Waals surface area contributed by atoms with Crippen LogP contribution in [0.15, 0.2) is 29.2 Å². The topological polar surface area (TPSA) is 120 Å². The van der Waals surface area contributed by atoms with Crippen molar-refractivity contribution in [2.45, 2.75) is 13.5 Å². The first-order chi connectivity index (χ1) is 10.2. The fraction of sp³-hybridized carbons (Fsp3) is 0.167. The van der Waals surface area contributed by atoms with E-state index in [1.807, 2.05) is 0 Å². The highest BCUT2D eigenvalue weighted by Crippen LogP contribution is 2.22. The number of rotatable bonds is 4. The second-order valence-corrected chi connectivity index (χ2v) is 4.28. The fourth-order valence-corrected chi connectivity index (χ4v) is 1.90. The van der Waals surface area contributed by atoms with Crippen molar-refractivity contribution >= 4 is 5.97 Å². The molecular weight excluding hydrogens is 276 g/mol. The number of carbonyl (C=O) groups is 1. The van der Waals surface area contributed by atoms with Gasteiger partial charge in [-0.1, -0.05) is 15.5 Å². The normalized spacial score (nSPS) is 10.7. The van der Waals surface area contributed by atoms with E-state index in [-0.39, 0.29) is 12.2 Å². The van der Waals surface area contributed by atoms with Crippen LogP contribution in [-0.2, 0) is 6.54 Å². The lowest BCUT2D eigenvalue weighted by Gasteiger charge is -2.05. The molecule has 0 saturated heterocycles. The predicted molar refractivity (Wildman–Crippen MR) is 68.3 cm³/mol. The highest BCUT2D eigenvalue weighted by atomic mass is 16.6. The van der Waals surface area contributed by atoms with Crippen molar-refractivity contribution in [3.05, 3.63) is 41.6 Å². The van der Waals surface area contributed by atoms with Crippen LogP contribution in [0.1, 0.15) is 21.9 Å². The number of carboxylic acid groups (broad SMARTS) is 1. The van der Waals surface area contributed by atoms with Crippen LogP contribution < -0.4 is 0 Å². The molecule has 0 saturated carbocycles. The minimum Gasteiger partial charge on any atom is -0.476 e. The molecule has 0 spiro atoms. The van der Waals surface area contributed by atoms with Crippen molar-refractivity contribution in [2.24, 2.45) is 0 Å². The van der Waals surface area contributed by atoms with Gasteiger partial charge in [-0.15, -0.1) is 5.10 Å². The Morgan fingerprint density at radius 1 is 1.33 bits per heavy atom. The van der Waals surface area contributed by atoms with Crippen molar-refractivity contribution in [2.75, 3.05) is 0 Å². The van der Waals surface area contributed by atoms with E-state index >= 15 is 0 Å². The van der Waals surface area contributed by atoms with E-state index in [1.54, 1.807) is 31.5 Å². The first-order valence-corrected chi connectivity index (χ1v) is 6.02. The van der Waals surface area contributed by atoms with Gasteiger partial charge in [-0.2, -0.15) is 0 Å². The number of hydrogen-bond acceptors (Lipinski definition) is 7. The van der Waals surface area contributed by atoms with Gasteiger partial charge in [0.05, 0.1) is 6.54 Å². The highest BCUT2D eigenvalue weighted by molar-refractivity contribution is 5.92. The summed E-state index contributed by atoms with van der Waals surface area (Å²) in [4.78, 5) is 15.2. The zero-order chi connectivity index (χ0) is 14.8. The van der Waals surface area contributed by atoms with Gasteiger partial charge in [-0.05, 0) is 19.1 Å². The van der Waals surface area contributed by atoms with E-state index in [0.717, 1.165) is 0 Å². The van der Waals surface area contributed by atoms with Crippen molar-refractivity contribution in [3.8, 4) is 11.3 Å². The maximum absolute atomic E-state index is 11.3. The maximum Gasteiger partial charge on any atom is 0.358 e. The Labute approximate surface area is 118 Å². The monoisotopic (exact) mass is 286 g/mol. The van der Waals surface area contributed by atoms with Gasteiger partial charge in [0.1, 0.15) is 17.1 Å². The number of aromatic carboxylic acids is 1. The summed E-state index contributed by atoms with van der Waals surface area (Å²) in [5.74, 6) is -1.15. The second kappa shape index (κ2) is 5.12. The molecule has 0 atom stereocenters. The summed E-state index contributed by atoms with van der Waals surface area (Å²) in [7, 11) is 0. The third-order valence-corrected chi connectivity index (χ3v) is 2.94. The van der Waals surface area contributed by atoms with Gasteiger partial charge in [0, 0.05) is 18.0 Å². The Morgan fingerprint density at radius 3 is 2.71 bits per heavy atom. The molecule has 0 amide bonds. The largest absolute Gasteiger partial charge is 0.476 e. The number of nitrogens with zero attached hydrogens (tertiary/aromatic N) is 6. The van der Waals surface area contributed by atoms with Gasteiger partial charge < -0.3 is 5.11 Å². The molecular formula is C12H10N6O3. The van der Waals surface area contributed by atoms with Crippen molar-refractivity contribution in [1.29, 1.82) is 0 Å². The Kier molecular flexibility index (Phi) is 3.14. The van der Waals surface area contributed by atoms with E-state index in [4.69, 9.17) is 0 Å². The van der Waals surface area contributed by atoms with Crippen LogP contribution in [0.25, 0.3) is 11.3 Å². The first kappa shape index (κ1) is 12.9. The summed E-state index contributed by atoms with van der Waals surface area (Å²) in [5.41, 5.74) is 2.08. The lowest BCUT2D eigenvalue weighted by atomic mass is 10.1. The van der Waals surface area contributed by atoms with Gasteiger partial charge >= 0.3 is 5.97 Å². The van der Waals surface area contributed by atoms with Crippen LogP contribution in [0.4, 0.5) is 0 Å². The van der Waals surface area contributed by atoms with Gasteiger partial charge in [-0.25, -0.2) is 14.1 Å². The molecule has 0 aromatic carbocycles. The average Bonchev–Trinajstić information content (AvgIpc) is 3.07. The maximum atomic E-state index is 11.3. The number of hydrogen-bond donors (Lipinski definition) is 1. The molecule has 0 aliphatic carbocycles. The molecule has 1 N–H and O–H groups in total. The Morgan fingerprint density at radius 2 is 2.10 bits per heavy atom. The summed E-state index contributed by atoms with van der Waals surface area (Å²) in [6.07, 6.45) is 3.14. The molecule has 0 fully saturated rings. The molecule has 21 heavy (non-hydrogen) atoms. The van der Waals surface area contributed by atoms with Gasteiger partial charge in [0.2, 0.25) is 0 Å². The summed E-state index contributed by atoms with van der Waals surface area (Å²) in [5, 5.41) is 24.3. The van der Waals surface area contributed by atoms with Gasteiger partial charge in [0.15, 0.2) is 5.69 Å². The SMILES string of the molecule is Cc1nonc1Cn1nnc(C(=O)O)c1-c1ccncc1. The second-order valence-electron chi connectivity index (χ2n) is 4.28. The summed E-state index contributed by atoms with van der Waals surface area (Å²) in [6.45, 7) is 1.96. The minimum absolute atomic E-state index is 0.129. The van der Waals surface area contributed by atoms with E-state index in [9.17, 15) is 9.90 Å². The Hall–Kier alpha value is -3.10. The Bertz CT molecular complexity index is 779. The van der Waals surface area contributed by atoms with Crippen LogP contribution in [0.5, 0.6) is 0 Å². The van der Waals surface area contributed by atoms with Gasteiger partial charge in [0.25, 0.3) is 0 Å². The molecule has 106 valence electrons. The molecule has 3 aromatic heterocycles. The lowest BCUT2D eigenvalue weighted by Crippen LogP contribution is -2.07. The molecule has 9 heteroatoms. The highest BCUT2D eigenvalue weighted by Gasteiger charge is 2.21. The summed E-state index contributed by atoms with van der Waals surface area (Å²) < 4.78 is 6.08. The molecule has 0 bridgehead atoms. The lowest BCUT2D eigenvalue weighted by molar-refractivity contribution is 0.0691. The van der Waals surface area contributed by atoms with Crippen LogP contribution in [0.3, 0.4) is 0 Å².